The Balaban J connectivity index is 0.000000118. The third-order valence-electron chi connectivity index (χ3n) is 25.2. The van der Waals surface area contributed by atoms with Crippen molar-refractivity contribution in [3.63, 3.8) is 0 Å². The van der Waals surface area contributed by atoms with E-state index < -0.39 is 5.82 Å². The molecule has 125 heavy (non-hydrogen) atoms. The Morgan fingerprint density at radius 1 is 0.344 bits per heavy atom. The maximum absolute atomic E-state index is 14.2. The van der Waals surface area contributed by atoms with Crippen LogP contribution in [0.1, 0.15) is 80.9 Å². The zero-order valence-corrected chi connectivity index (χ0v) is 72.3. The predicted molar refractivity (Wildman–Crippen MR) is 505 cm³/mol. The van der Waals surface area contributed by atoms with Crippen LogP contribution in [0, 0.1) is 26.6 Å². The molecule has 21 heteroatoms. The largest absolute Gasteiger partial charge is 0.395 e. The lowest BCUT2D eigenvalue weighted by atomic mass is 10.1. The first-order valence-electron chi connectivity index (χ1n) is 44.3. The third kappa shape index (κ3) is 20.2. The highest BCUT2D eigenvalue weighted by atomic mass is 35.5. The molecule has 638 valence electrons. The highest BCUT2D eigenvalue weighted by Gasteiger charge is 2.24. The Hall–Kier alpha value is -12.4. The van der Waals surface area contributed by atoms with E-state index >= 15 is 0 Å². The van der Waals surface area contributed by atoms with Gasteiger partial charge < -0.3 is 28.9 Å². The van der Waals surface area contributed by atoms with Crippen molar-refractivity contribution in [2.45, 2.75) is 117 Å². The van der Waals surface area contributed by atoms with Crippen LogP contribution in [-0.4, -0.2) is 156 Å². The fraction of sp³-hybridized carbons (Fsp3) is 0.288. The molecule has 8 aromatic carbocycles. The van der Waals surface area contributed by atoms with Crippen LogP contribution in [0.4, 0.5) is 4.39 Å². The monoisotopic (exact) mass is 1690 g/mol. The number of aryl methyl sites for hydroxylation is 5. The van der Waals surface area contributed by atoms with Crippen molar-refractivity contribution in [3.05, 3.63) is 343 Å². The van der Waals surface area contributed by atoms with Crippen LogP contribution in [0.25, 0.3) is 111 Å². The molecule has 4 saturated heterocycles. The summed E-state index contributed by atoms with van der Waals surface area (Å²) in [6.07, 6.45) is 27.8. The summed E-state index contributed by atoms with van der Waals surface area (Å²) >= 11 is 5.83. The van der Waals surface area contributed by atoms with Gasteiger partial charge in [-0.1, -0.05) is 101 Å². The van der Waals surface area contributed by atoms with Gasteiger partial charge in [0.1, 0.15) is 5.82 Å². The summed E-state index contributed by atoms with van der Waals surface area (Å²) in [6, 6.07) is 72.6. The lowest BCUT2D eigenvalue weighted by Crippen LogP contribution is -2.34. The molecule has 4 aliphatic heterocycles. The van der Waals surface area contributed by atoms with Gasteiger partial charge in [0.2, 0.25) is 0 Å². The van der Waals surface area contributed by atoms with Gasteiger partial charge in [-0.25, -0.2) is 4.39 Å². The molecule has 4 fully saturated rings. The number of aliphatic hydroxyl groups excluding tert-OH is 1. The van der Waals surface area contributed by atoms with E-state index in [-0.39, 0.29) is 34.9 Å². The third-order valence-corrected chi connectivity index (χ3v) is 25.5. The van der Waals surface area contributed by atoms with Crippen LogP contribution in [0.2, 0.25) is 5.02 Å². The SMILES string of the molecule is Cc1ccc(-c2ccn(-c3ccc4c(ccn4CCCN4CCCC4)c3)c(=O)c2)cc1.Cc1ccc(-c2ccn(-c3ccc4c(ccn4CCCN4CCCC4)c3)c(=O)c2)cc1.Cc1ccc(-c2ccn(-c3ccc4c(cnn4CCN4CCC[C@H]4CO)c3)c(=O)c2)cc1.O=c1cc(-c2ccc(Cl)cc2F)ccn1-c1ccc2c(cnn2CCN2CCCC2)c1. The van der Waals surface area contributed by atoms with Gasteiger partial charge in [-0.3, -0.25) is 51.7 Å². The van der Waals surface area contributed by atoms with E-state index in [1.165, 1.54) is 154 Å². The second-order valence-corrected chi connectivity index (χ2v) is 34.2. The number of likely N-dealkylation sites (tertiary alicyclic amines) is 4. The number of fused-ring (bicyclic) bond motifs is 4. The Morgan fingerprint density at radius 3 is 1.10 bits per heavy atom. The van der Waals surface area contributed by atoms with Crippen molar-refractivity contribution in [2.24, 2.45) is 0 Å². The number of nitrogens with zero attached hydrogens (tertiary/aromatic N) is 14. The van der Waals surface area contributed by atoms with E-state index in [1.807, 2.05) is 119 Å². The Morgan fingerprint density at radius 2 is 0.712 bits per heavy atom. The molecule has 12 heterocycles. The van der Waals surface area contributed by atoms with E-state index in [1.54, 1.807) is 60.9 Å². The molecule has 4 aliphatic rings. The average Bonchev–Trinajstić information content (AvgIpc) is 1.77. The van der Waals surface area contributed by atoms with Crippen LogP contribution in [0.3, 0.4) is 0 Å². The van der Waals surface area contributed by atoms with Crippen LogP contribution in [0.5, 0.6) is 0 Å². The van der Waals surface area contributed by atoms with Crippen molar-refractivity contribution in [2.75, 3.05) is 78.6 Å². The van der Waals surface area contributed by atoms with Gasteiger partial charge >= 0.3 is 0 Å². The lowest BCUT2D eigenvalue weighted by Gasteiger charge is -2.22. The van der Waals surface area contributed by atoms with Gasteiger partial charge in [0, 0.05) is 160 Å². The molecule has 8 aromatic heterocycles. The van der Waals surface area contributed by atoms with Crippen molar-refractivity contribution >= 4 is 55.2 Å². The summed E-state index contributed by atoms with van der Waals surface area (Å²) in [7, 11) is 0. The first-order valence-corrected chi connectivity index (χ1v) is 44.6. The molecule has 0 spiro atoms. The van der Waals surface area contributed by atoms with E-state index in [0.29, 0.717) is 16.1 Å². The number of pyridine rings is 4. The standard InChI is InChI=1S/2C27H29N3O.C26H28N4O2.C24H22ClFN4O/c2*1-21-5-7-22(8-6-21)23-12-18-30(27(31)20-23)25-9-10-26-24(19-25)11-17-29(26)16-4-15-28-13-2-3-14-28;1-19-4-6-20(7-5-19)21-10-12-29(26(32)16-21)23-8-9-25-22(15-23)17-27-30(25)14-13-28-11-2-3-24(28)18-31;25-19-3-5-21(22(26)15-19)17-7-10-29(24(31)14-17)20-4-6-23-18(13-20)16-27-30(23)12-11-28-8-1-2-9-28/h2*5-12,17-20H,2-4,13-16H2,1H3;4-10,12,15-17,24,31H,2-3,11,13-14,18H2,1H3;3-7,10,13-16H,1-2,8-9,11-12H2/t;;24-;/m..0./s1. The summed E-state index contributed by atoms with van der Waals surface area (Å²) in [5.41, 5.74) is 18.1. The number of halogens is 2. The number of aliphatic hydroxyl groups is 1. The van der Waals surface area contributed by atoms with Crippen LogP contribution >= 0.6 is 11.6 Å². The Bertz CT molecular complexity index is 6500. The molecule has 0 amide bonds. The van der Waals surface area contributed by atoms with Crippen molar-refractivity contribution in [3.8, 4) is 67.3 Å². The van der Waals surface area contributed by atoms with Crippen molar-refractivity contribution in [1.29, 1.82) is 0 Å². The zero-order valence-electron chi connectivity index (χ0n) is 71.5. The number of aromatic nitrogens is 10. The first-order chi connectivity index (χ1) is 61.0. The van der Waals surface area contributed by atoms with Crippen LogP contribution in [0.15, 0.2) is 293 Å². The fourth-order valence-electron chi connectivity index (χ4n) is 18.1. The van der Waals surface area contributed by atoms with Gasteiger partial charge in [0.05, 0.1) is 43.1 Å². The molecule has 0 aliphatic carbocycles. The zero-order chi connectivity index (χ0) is 85.9. The average molecular weight is 1690 g/mol. The summed E-state index contributed by atoms with van der Waals surface area (Å²) in [6.45, 7) is 22.8. The van der Waals surface area contributed by atoms with Gasteiger partial charge in [-0.2, -0.15) is 10.2 Å². The summed E-state index contributed by atoms with van der Waals surface area (Å²) in [5, 5.41) is 23.3. The molecule has 20 rings (SSSR count). The first kappa shape index (κ1) is 84.8. The minimum Gasteiger partial charge on any atom is -0.395 e. The smallest absolute Gasteiger partial charge is 0.255 e. The highest BCUT2D eigenvalue weighted by Crippen LogP contribution is 2.30. The van der Waals surface area contributed by atoms with Gasteiger partial charge in [0.25, 0.3) is 22.2 Å². The highest BCUT2D eigenvalue weighted by molar-refractivity contribution is 6.30. The van der Waals surface area contributed by atoms with Crippen LogP contribution < -0.4 is 22.2 Å². The summed E-state index contributed by atoms with van der Waals surface area (Å²) in [5.74, 6) is -0.451. The van der Waals surface area contributed by atoms with Crippen molar-refractivity contribution in [1.82, 2.24) is 66.6 Å². The summed E-state index contributed by atoms with van der Waals surface area (Å²) in [4.78, 5) is 61.2. The fourth-order valence-corrected chi connectivity index (χ4v) is 18.3. The number of rotatable bonds is 23. The number of hydrogen-bond acceptors (Lipinski definition) is 11. The van der Waals surface area contributed by atoms with Gasteiger partial charge in [-0.05, 0) is 310 Å². The second kappa shape index (κ2) is 39.2. The minimum atomic E-state index is -0.451. The molecule has 19 nitrogen and oxygen atoms in total. The lowest BCUT2D eigenvalue weighted by molar-refractivity contribution is 0.154. The predicted octanol–water partition coefficient (Wildman–Crippen LogP) is 18.9. The molecule has 0 bridgehead atoms. The number of hydrogen-bond donors (Lipinski definition) is 1. The Kier molecular flexibility index (Phi) is 26.6. The normalized spacial score (nSPS) is 15.1. The van der Waals surface area contributed by atoms with E-state index in [0.717, 1.165) is 137 Å². The molecule has 0 radical (unpaired) electrons. The molecule has 0 saturated carbocycles. The molecular formula is C104H108ClFN14O5. The van der Waals surface area contributed by atoms with Crippen molar-refractivity contribution < 1.29 is 9.50 Å². The molecule has 16 aromatic rings. The second-order valence-electron chi connectivity index (χ2n) is 33.8. The number of benzene rings is 8. The quantitative estimate of drug-likeness (QED) is 0.0647. The van der Waals surface area contributed by atoms with Gasteiger partial charge in [0.15, 0.2) is 0 Å². The summed E-state index contributed by atoms with van der Waals surface area (Å²) < 4.78 is 29.6. The maximum Gasteiger partial charge on any atom is 0.255 e. The van der Waals surface area contributed by atoms with E-state index in [4.69, 9.17) is 11.6 Å². The van der Waals surface area contributed by atoms with E-state index in [2.05, 4.69) is 169 Å². The van der Waals surface area contributed by atoms with Crippen LogP contribution in [-0.2, 0) is 26.2 Å². The molecule has 1 N–H and O–H groups in total. The van der Waals surface area contributed by atoms with Gasteiger partial charge in [-0.15, -0.1) is 0 Å². The maximum atomic E-state index is 14.2. The molecule has 1 atom stereocenters. The minimum absolute atomic E-state index is 0.0116. The molecule has 0 unspecified atom stereocenters. The Labute approximate surface area is 732 Å². The molecular weight excluding hydrogens is 1580 g/mol. The van der Waals surface area contributed by atoms with E-state index in [9.17, 15) is 28.7 Å². The topological polar surface area (TPSA) is 167 Å².